The first-order chi connectivity index (χ1) is 11.9. The van der Waals surface area contributed by atoms with Crippen LogP contribution in [0.3, 0.4) is 0 Å². The zero-order valence-corrected chi connectivity index (χ0v) is 16.2. The topological polar surface area (TPSA) is 66.5 Å². The molecule has 0 unspecified atom stereocenters. The Hall–Kier alpha value is -1.70. The number of rotatable bonds is 5. The van der Waals surface area contributed by atoms with Crippen molar-refractivity contribution in [1.29, 1.82) is 0 Å². The SMILES string of the molecule is CC(=O)N1CCc2cc(Br)c(S(=O)(=O)NCCc3ccccc3)cc21. The van der Waals surface area contributed by atoms with Gasteiger partial charge in [-0.3, -0.25) is 4.79 Å². The van der Waals surface area contributed by atoms with E-state index in [1.54, 1.807) is 17.0 Å². The molecule has 0 spiro atoms. The molecule has 132 valence electrons. The Bertz CT molecular complexity index is 898. The van der Waals surface area contributed by atoms with Crippen molar-refractivity contribution in [3.8, 4) is 0 Å². The fraction of sp³-hybridized carbons (Fsp3) is 0.278. The third-order valence-corrected chi connectivity index (χ3v) is 6.67. The molecule has 0 aromatic heterocycles. The number of nitrogens with zero attached hydrogens (tertiary/aromatic N) is 1. The van der Waals surface area contributed by atoms with Crippen molar-refractivity contribution in [2.24, 2.45) is 0 Å². The van der Waals surface area contributed by atoms with E-state index in [9.17, 15) is 13.2 Å². The Morgan fingerprint density at radius 3 is 2.64 bits per heavy atom. The fourth-order valence-corrected chi connectivity index (χ4v) is 5.11. The number of hydrogen-bond acceptors (Lipinski definition) is 3. The van der Waals surface area contributed by atoms with Gasteiger partial charge < -0.3 is 4.90 Å². The van der Waals surface area contributed by atoms with Crippen LogP contribution >= 0.6 is 15.9 Å². The van der Waals surface area contributed by atoms with Gasteiger partial charge in [-0.2, -0.15) is 0 Å². The number of fused-ring (bicyclic) bond motifs is 1. The number of nitrogens with one attached hydrogen (secondary N) is 1. The minimum Gasteiger partial charge on any atom is -0.312 e. The molecule has 1 aliphatic heterocycles. The smallest absolute Gasteiger partial charge is 0.241 e. The molecule has 0 aliphatic carbocycles. The summed E-state index contributed by atoms with van der Waals surface area (Å²) in [7, 11) is -3.67. The van der Waals surface area contributed by atoms with Crippen molar-refractivity contribution in [2.75, 3.05) is 18.0 Å². The van der Waals surface area contributed by atoms with E-state index < -0.39 is 10.0 Å². The summed E-state index contributed by atoms with van der Waals surface area (Å²) in [5, 5.41) is 0. The summed E-state index contributed by atoms with van der Waals surface area (Å²) >= 11 is 3.36. The fourth-order valence-electron chi connectivity index (χ4n) is 2.97. The number of sulfonamides is 1. The summed E-state index contributed by atoms with van der Waals surface area (Å²) in [6.07, 6.45) is 1.34. The van der Waals surface area contributed by atoms with Crippen LogP contribution in [0, 0.1) is 0 Å². The molecule has 1 aliphatic rings. The molecule has 0 bridgehead atoms. The molecular weight excluding hydrogens is 404 g/mol. The number of anilines is 1. The van der Waals surface area contributed by atoms with Gasteiger partial charge in [0.15, 0.2) is 0 Å². The van der Waals surface area contributed by atoms with Crippen molar-refractivity contribution in [3.63, 3.8) is 0 Å². The van der Waals surface area contributed by atoms with Crippen LogP contribution in [0.15, 0.2) is 51.8 Å². The highest BCUT2D eigenvalue weighted by Gasteiger charge is 2.27. The minimum absolute atomic E-state index is 0.0820. The van der Waals surface area contributed by atoms with Gasteiger partial charge in [-0.25, -0.2) is 13.1 Å². The van der Waals surface area contributed by atoms with Crippen LogP contribution in [0.4, 0.5) is 5.69 Å². The van der Waals surface area contributed by atoms with Crippen LogP contribution in [-0.2, 0) is 27.7 Å². The van der Waals surface area contributed by atoms with Crippen LogP contribution in [0.1, 0.15) is 18.1 Å². The van der Waals surface area contributed by atoms with Crippen molar-refractivity contribution in [3.05, 3.63) is 58.1 Å². The van der Waals surface area contributed by atoms with Crippen molar-refractivity contribution >= 4 is 37.5 Å². The lowest BCUT2D eigenvalue weighted by Gasteiger charge is -2.17. The molecule has 7 heteroatoms. The van der Waals surface area contributed by atoms with Crippen LogP contribution in [0.5, 0.6) is 0 Å². The average molecular weight is 423 g/mol. The first kappa shape index (κ1) is 18.1. The molecule has 0 radical (unpaired) electrons. The average Bonchev–Trinajstić information content (AvgIpc) is 2.97. The summed E-state index contributed by atoms with van der Waals surface area (Å²) in [4.78, 5) is 13.5. The first-order valence-electron chi connectivity index (χ1n) is 8.02. The number of hydrogen-bond donors (Lipinski definition) is 1. The van der Waals surface area contributed by atoms with Crippen LogP contribution in [0.25, 0.3) is 0 Å². The maximum atomic E-state index is 12.7. The molecule has 0 saturated carbocycles. The second-order valence-electron chi connectivity index (χ2n) is 5.97. The Morgan fingerprint density at radius 2 is 1.96 bits per heavy atom. The normalized spacial score (nSPS) is 13.8. The predicted octanol–water partition coefficient (Wildman–Crippen LogP) is 2.88. The second-order valence-corrected chi connectivity index (χ2v) is 8.56. The molecule has 1 N–H and O–H groups in total. The summed E-state index contributed by atoms with van der Waals surface area (Å²) in [5.74, 6) is -0.0820. The van der Waals surface area contributed by atoms with E-state index in [1.165, 1.54) is 6.92 Å². The second kappa shape index (κ2) is 7.27. The van der Waals surface area contributed by atoms with E-state index in [0.29, 0.717) is 29.7 Å². The van der Waals surface area contributed by atoms with Crippen molar-refractivity contribution < 1.29 is 13.2 Å². The molecule has 0 fully saturated rings. The lowest BCUT2D eigenvalue weighted by molar-refractivity contribution is -0.116. The van der Waals surface area contributed by atoms with Gasteiger partial charge in [0.1, 0.15) is 0 Å². The molecule has 1 amide bonds. The van der Waals surface area contributed by atoms with Gasteiger partial charge in [0.25, 0.3) is 0 Å². The minimum atomic E-state index is -3.67. The number of amides is 1. The molecule has 5 nitrogen and oxygen atoms in total. The van der Waals surface area contributed by atoms with Gasteiger partial charge in [0, 0.05) is 30.2 Å². The predicted molar refractivity (Wildman–Crippen MR) is 101 cm³/mol. The third kappa shape index (κ3) is 3.94. The number of benzene rings is 2. The molecule has 2 aromatic carbocycles. The van der Waals surface area contributed by atoms with Gasteiger partial charge in [-0.05, 0) is 52.0 Å². The monoisotopic (exact) mass is 422 g/mol. The molecule has 0 saturated heterocycles. The maximum Gasteiger partial charge on any atom is 0.241 e. The van der Waals surface area contributed by atoms with E-state index in [4.69, 9.17) is 0 Å². The first-order valence-corrected chi connectivity index (χ1v) is 10.3. The van der Waals surface area contributed by atoms with Crippen LogP contribution in [-0.4, -0.2) is 27.4 Å². The molecule has 1 heterocycles. The van der Waals surface area contributed by atoms with Gasteiger partial charge in [0.05, 0.1) is 4.90 Å². The molecule has 3 rings (SSSR count). The van der Waals surface area contributed by atoms with Crippen molar-refractivity contribution in [2.45, 2.75) is 24.7 Å². The van der Waals surface area contributed by atoms with Crippen molar-refractivity contribution in [1.82, 2.24) is 4.72 Å². The number of carbonyl (C=O) groups is 1. The summed E-state index contributed by atoms with van der Waals surface area (Å²) in [5.41, 5.74) is 2.73. The van der Waals surface area contributed by atoms with E-state index in [1.807, 2.05) is 30.3 Å². The van der Waals surface area contributed by atoms with E-state index >= 15 is 0 Å². The lowest BCUT2D eigenvalue weighted by Crippen LogP contribution is -2.28. The highest BCUT2D eigenvalue weighted by atomic mass is 79.9. The van der Waals surface area contributed by atoms with Gasteiger partial charge in [-0.15, -0.1) is 0 Å². The molecular formula is C18H19BrN2O3S. The Balaban J connectivity index is 1.80. The summed E-state index contributed by atoms with van der Waals surface area (Å²) in [6.45, 7) is 2.39. The van der Waals surface area contributed by atoms with E-state index in [0.717, 1.165) is 17.5 Å². The Labute approximate surface area is 156 Å². The number of carbonyl (C=O) groups excluding carboxylic acids is 1. The number of halogens is 1. The van der Waals surface area contributed by atoms with Gasteiger partial charge in [0.2, 0.25) is 15.9 Å². The zero-order chi connectivity index (χ0) is 18.0. The quantitative estimate of drug-likeness (QED) is 0.805. The summed E-state index contributed by atoms with van der Waals surface area (Å²) in [6, 6.07) is 13.1. The maximum absolute atomic E-state index is 12.7. The van der Waals surface area contributed by atoms with E-state index in [-0.39, 0.29) is 10.8 Å². The molecule has 0 atom stereocenters. The van der Waals surface area contributed by atoms with Gasteiger partial charge >= 0.3 is 0 Å². The Kier molecular flexibility index (Phi) is 5.27. The highest BCUT2D eigenvalue weighted by molar-refractivity contribution is 9.10. The zero-order valence-electron chi connectivity index (χ0n) is 13.8. The summed E-state index contributed by atoms with van der Waals surface area (Å²) < 4.78 is 28.5. The lowest BCUT2D eigenvalue weighted by atomic mass is 10.2. The third-order valence-electron chi connectivity index (χ3n) is 4.25. The van der Waals surface area contributed by atoms with Crippen LogP contribution < -0.4 is 9.62 Å². The van der Waals surface area contributed by atoms with E-state index in [2.05, 4.69) is 20.7 Å². The Morgan fingerprint density at radius 1 is 1.24 bits per heavy atom. The molecule has 2 aromatic rings. The van der Waals surface area contributed by atoms with Crippen LogP contribution in [0.2, 0.25) is 0 Å². The largest absolute Gasteiger partial charge is 0.312 e. The molecule has 25 heavy (non-hydrogen) atoms. The highest BCUT2D eigenvalue weighted by Crippen LogP contribution is 2.35. The standard InChI is InChI=1S/C18H19BrN2O3S/c1-13(22)21-10-8-15-11-16(19)18(12-17(15)21)25(23,24)20-9-7-14-5-3-2-4-6-14/h2-6,11-12,20H,7-10H2,1H3. The van der Waals surface area contributed by atoms with Gasteiger partial charge in [-0.1, -0.05) is 30.3 Å².